The number of piperidine rings is 1. The predicted molar refractivity (Wildman–Crippen MR) is 70.1 cm³/mol. The summed E-state index contributed by atoms with van der Waals surface area (Å²) in [7, 11) is 0. The number of benzene rings is 1. The molecule has 2 heterocycles. The minimum absolute atomic E-state index is 0.209. The number of thiazole rings is 1. The van der Waals surface area contributed by atoms with Gasteiger partial charge in [-0.3, -0.25) is 0 Å². The molecule has 0 bridgehead atoms. The maximum atomic E-state index is 5.22. The van der Waals surface area contributed by atoms with Crippen LogP contribution in [0, 0.1) is 0 Å². The SMILES string of the molecule is NOC1CCN(c2nc3ccccc3s2)CC1. The Morgan fingerprint density at radius 1 is 1.29 bits per heavy atom. The predicted octanol–water partition coefficient (Wildman–Crippen LogP) is 2.16. The zero-order chi connectivity index (χ0) is 11.7. The van der Waals surface area contributed by atoms with Gasteiger partial charge in [-0.25, -0.2) is 10.9 Å². The van der Waals surface area contributed by atoms with E-state index in [1.54, 1.807) is 11.3 Å². The maximum Gasteiger partial charge on any atom is 0.186 e. The molecule has 0 amide bonds. The Balaban J connectivity index is 1.80. The van der Waals surface area contributed by atoms with E-state index in [9.17, 15) is 0 Å². The summed E-state index contributed by atoms with van der Waals surface area (Å²) < 4.78 is 1.25. The highest BCUT2D eigenvalue weighted by atomic mass is 32.1. The summed E-state index contributed by atoms with van der Waals surface area (Å²) in [6, 6.07) is 8.26. The monoisotopic (exact) mass is 249 g/mol. The Morgan fingerprint density at radius 3 is 2.76 bits per heavy atom. The first-order valence-corrected chi connectivity index (χ1v) is 6.64. The smallest absolute Gasteiger partial charge is 0.186 e. The summed E-state index contributed by atoms with van der Waals surface area (Å²) >= 11 is 1.76. The van der Waals surface area contributed by atoms with Crippen LogP contribution in [-0.2, 0) is 4.84 Å². The molecular formula is C12H15N3OS. The van der Waals surface area contributed by atoms with Gasteiger partial charge in [-0.15, -0.1) is 0 Å². The fourth-order valence-corrected chi connectivity index (χ4v) is 3.20. The van der Waals surface area contributed by atoms with Crippen molar-refractivity contribution >= 4 is 26.7 Å². The number of aromatic nitrogens is 1. The van der Waals surface area contributed by atoms with Crippen molar-refractivity contribution in [1.29, 1.82) is 0 Å². The van der Waals surface area contributed by atoms with Crippen molar-refractivity contribution in [3.8, 4) is 0 Å². The van der Waals surface area contributed by atoms with Crippen LogP contribution in [0.15, 0.2) is 24.3 Å². The molecule has 1 aliphatic rings. The molecular weight excluding hydrogens is 234 g/mol. The molecule has 4 nitrogen and oxygen atoms in total. The number of hydrogen-bond acceptors (Lipinski definition) is 5. The Morgan fingerprint density at radius 2 is 2.06 bits per heavy atom. The molecule has 0 atom stereocenters. The van der Waals surface area contributed by atoms with Crippen LogP contribution < -0.4 is 10.8 Å². The van der Waals surface area contributed by atoms with Crippen LogP contribution in [0.2, 0.25) is 0 Å². The van der Waals surface area contributed by atoms with E-state index in [2.05, 4.69) is 28.1 Å². The van der Waals surface area contributed by atoms with Crippen molar-refractivity contribution in [2.45, 2.75) is 18.9 Å². The molecule has 1 aromatic heterocycles. The molecule has 1 fully saturated rings. The topological polar surface area (TPSA) is 51.4 Å². The first-order chi connectivity index (χ1) is 8.36. The van der Waals surface area contributed by atoms with Gasteiger partial charge in [0.1, 0.15) is 0 Å². The number of nitrogens with zero attached hydrogens (tertiary/aromatic N) is 2. The third-order valence-corrected chi connectivity index (χ3v) is 4.28. The average Bonchev–Trinajstić information content (AvgIpc) is 2.82. The Labute approximate surface area is 104 Å². The lowest BCUT2D eigenvalue weighted by atomic mass is 10.1. The molecule has 1 aliphatic heterocycles. The van der Waals surface area contributed by atoms with E-state index in [0.717, 1.165) is 36.6 Å². The first kappa shape index (κ1) is 11.0. The standard InChI is InChI=1S/C12H15N3OS/c13-16-9-5-7-15(8-6-9)12-14-10-3-1-2-4-11(10)17-12/h1-4,9H,5-8,13H2. The lowest BCUT2D eigenvalue weighted by Crippen LogP contribution is -2.37. The van der Waals surface area contributed by atoms with Crippen molar-refractivity contribution in [3.63, 3.8) is 0 Å². The van der Waals surface area contributed by atoms with E-state index in [0.29, 0.717) is 0 Å². The molecule has 1 saturated heterocycles. The average molecular weight is 249 g/mol. The highest BCUT2D eigenvalue weighted by Gasteiger charge is 2.21. The fourth-order valence-electron chi connectivity index (χ4n) is 2.18. The van der Waals surface area contributed by atoms with Crippen LogP contribution in [0.4, 0.5) is 5.13 Å². The summed E-state index contributed by atoms with van der Waals surface area (Å²) in [5.41, 5.74) is 1.09. The number of para-hydroxylation sites is 1. The number of anilines is 1. The minimum Gasteiger partial charge on any atom is -0.348 e. The number of nitrogens with two attached hydrogens (primary N) is 1. The summed E-state index contributed by atoms with van der Waals surface area (Å²) in [6.45, 7) is 1.95. The third kappa shape index (κ3) is 2.13. The molecule has 0 aliphatic carbocycles. The van der Waals surface area contributed by atoms with Gasteiger partial charge in [-0.1, -0.05) is 23.5 Å². The van der Waals surface area contributed by atoms with Crippen molar-refractivity contribution in [3.05, 3.63) is 24.3 Å². The lowest BCUT2D eigenvalue weighted by molar-refractivity contribution is 0.0368. The summed E-state index contributed by atoms with van der Waals surface area (Å²) in [4.78, 5) is 11.9. The quantitative estimate of drug-likeness (QED) is 0.829. The van der Waals surface area contributed by atoms with E-state index in [-0.39, 0.29) is 6.10 Å². The Bertz CT molecular complexity index is 472. The second-order valence-electron chi connectivity index (χ2n) is 4.29. The van der Waals surface area contributed by atoms with Gasteiger partial charge in [-0.05, 0) is 25.0 Å². The Hall–Kier alpha value is -1.17. The highest BCUT2D eigenvalue weighted by Crippen LogP contribution is 2.30. The van der Waals surface area contributed by atoms with Gasteiger partial charge in [0.15, 0.2) is 5.13 Å². The second kappa shape index (κ2) is 4.60. The van der Waals surface area contributed by atoms with E-state index in [1.165, 1.54) is 4.70 Å². The van der Waals surface area contributed by atoms with Gasteiger partial charge < -0.3 is 9.74 Å². The van der Waals surface area contributed by atoms with E-state index in [1.807, 2.05) is 6.07 Å². The molecule has 1 aromatic carbocycles. The van der Waals surface area contributed by atoms with Crippen LogP contribution in [0.25, 0.3) is 10.2 Å². The molecule has 90 valence electrons. The maximum absolute atomic E-state index is 5.22. The van der Waals surface area contributed by atoms with E-state index in [4.69, 9.17) is 10.7 Å². The van der Waals surface area contributed by atoms with Crippen LogP contribution in [-0.4, -0.2) is 24.2 Å². The molecule has 2 N–H and O–H groups in total. The van der Waals surface area contributed by atoms with Crippen molar-refractivity contribution in [2.75, 3.05) is 18.0 Å². The summed E-state index contributed by atoms with van der Waals surface area (Å²) in [6.07, 6.45) is 2.17. The van der Waals surface area contributed by atoms with E-state index < -0.39 is 0 Å². The van der Waals surface area contributed by atoms with Crippen LogP contribution in [0.3, 0.4) is 0 Å². The van der Waals surface area contributed by atoms with E-state index >= 15 is 0 Å². The van der Waals surface area contributed by atoms with Gasteiger partial charge >= 0.3 is 0 Å². The largest absolute Gasteiger partial charge is 0.348 e. The molecule has 2 aromatic rings. The highest BCUT2D eigenvalue weighted by molar-refractivity contribution is 7.22. The van der Waals surface area contributed by atoms with Gasteiger partial charge in [0.25, 0.3) is 0 Å². The molecule has 3 rings (SSSR count). The molecule has 17 heavy (non-hydrogen) atoms. The summed E-state index contributed by atoms with van der Waals surface area (Å²) in [5, 5.41) is 1.11. The number of fused-ring (bicyclic) bond motifs is 1. The minimum atomic E-state index is 0.209. The molecule has 5 heteroatoms. The summed E-state index contributed by atoms with van der Waals surface area (Å²) in [5.74, 6) is 5.22. The Kier molecular flexibility index (Phi) is 2.96. The van der Waals surface area contributed by atoms with Crippen LogP contribution in [0.5, 0.6) is 0 Å². The van der Waals surface area contributed by atoms with Gasteiger partial charge in [0.2, 0.25) is 0 Å². The normalized spacial score (nSPS) is 17.8. The van der Waals surface area contributed by atoms with Crippen LogP contribution >= 0.6 is 11.3 Å². The van der Waals surface area contributed by atoms with Crippen LogP contribution in [0.1, 0.15) is 12.8 Å². The molecule has 0 spiro atoms. The van der Waals surface area contributed by atoms with Crippen molar-refractivity contribution in [2.24, 2.45) is 5.90 Å². The lowest BCUT2D eigenvalue weighted by Gasteiger charge is -2.30. The van der Waals surface area contributed by atoms with Gasteiger partial charge in [-0.2, -0.15) is 0 Å². The molecule has 0 saturated carbocycles. The number of hydrogen-bond donors (Lipinski definition) is 1. The first-order valence-electron chi connectivity index (χ1n) is 5.83. The fraction of sp³-hybridized carbons (Fsp3) is 0.417. The van der Waals surface area contributed by atoms with Crippen molar-refractivity contribution < 1.29 is 4.84 Å². The van der Waals surface area contributed by atoms with Gasteiger partial charge in [0.05, 0.1) is 16.3 Å². The number of rotatable bonds is 2. The zero-order valence-corrected chi connectivity index (χ0v) is 10.3. The van der Waals surface area contributed by atoms with Gasteiger partial charge in [0, 0.05) is 13.1 Å². The third-order valence-electron chi connectivity index (χ3n) is 3.19. The second-order valence-corrected chi connectivity index (χ2v) is 5.30. The molecule has 0 radical (unpaired) electrons. The van der Waals surface area contributed by atoms with Crippen molar-refractivity contribution in [1.82, 2.24) is 4.98 Å². The zero-order valence-electron chi connectivity index (χ0n) is 9.50. The molecule has 0 unspecified atom stereocenters.